The molecule has 0 spiro atoms. The molecule has 1 aliphatic heterocycles. The van der Waals surface area contributed by atoms with Crippen molar-refractivity contribution in [2.24, 2.45) is 0 Å². The lowest BCUT2D eigenvalue weighted by atomic mass is 10.00. The van der Waals surface area contributed by atoms with Gasteiger partial charge in [0, 0.05) is 31.2 Å². The zero-order valence-corrected chi connectivity index (χ0v) is 12.8. The van der Waals surface area contributed by atoms with E-state index in [1.807, 2.05) is 0 Å². The number of aliphatic hydroxyl groups excluding tert-OH is 1. The van der Waals surface area contributed by atoms with Crippen LogP contribution in [0, 0.1) is 5.82 Å². The van der Waals surface area contributed by atoms with Gasteiger partial charge in [-0.25, -0.2) is 9.37 Å². The Labute approximate surface area is 134 Å². The first-order valence-corrected chi connectivity index (χ1v) is 7.86. The molecule has 3 rings (SSSR count). The fourth-order valence-electron chi connectivity index (χ4n) is 2.71. The van der Waals surface area contributed by atoms with E-state index >= 15 is 0 Å². The molecule has 1 unspecified atom stereocenters. The second-order valence-corrected chi connectivity index (χ2v) is 5.70. The summed E-state index contributed by atoms with van der Waals surface area (Å²) in [5.74, 6) is 1.48. The highest BCUT2D eigenvalue weighted by molar-refractivity contribution is 5.20. The number of aromatic amines is 1. The lowest BCUT2D eigenvalue weighted by Gasteiger charge is -2.18. The lowest BCUT2D eigenvalue weighted by molar-refractivity contribution is 0.0836. The smallest absolute Gasteiger partial charge is 0.154 e. The summed E-state index contributed by atoms with van der Waals surface area (Å²) in [6.45, 7) is 2.19. The first-order chi connectivity index (χ1) is 11.2. The Hall–Kier alpha value is -1.83. The fourth-order valence-corrected chi connectivity index (χ4v) is 2.71. The van der Waals surface area contributed by atoms with Crippen molar-refractivity contribution in [1.82, 2.24) is 20.5 Å². The van der Waals surface area contributed by atoms with Crippen LogP contribution >= 0.6 is 0 Å². The molecule has 0 saturated carbocycles. The van der Waals surface area contributed by atoms with Crippen molar-refractivity contribution in [3.05, 3.63) is 47.3 Å². The minimum absolute atomic E-state index is 0.244. The number of aliphatic hydroxyl groups is 1. The third-order valence-electron chi connectivity index (χ3n) is 4.03. The van der Waals surface area contributed by atoms with Crippen molar-refractivity contribution in [1.29, 1.82) is 0 Å². The van der Waals surface area contributed by atoms with Crippen LogP contribution in [-0.4, -0.2) is 40.0 Å². The number of aromatic nitrogens is 3. The number of hydrogen-bond donors (Lipinski definition) is 3. The molecule has 1 saturated heterocycles. The van der Waals surface area contributed by atoms with Crippen LogP contribution in [0.1, 0.15) is 42.1 Å². The Morgan fingerprint density at radius 1 is 1.35 bits per heavy atom. The van der Waals surface area contributed by atoms with Crippen molar-refractivity contribution in [2.75, 3.05) is 19.8 Å². The maximum atomic E-state index is 13.6. The standard InChI is InChI=1S/C16H21FN4O2/c17-13-4-2-1-3-12(13)14(22)9-18-10-15-19-16(21-20-15)11-5-7-23-8-6-11/h1-4,11,14,18,22H,5-10H2,(H,19,20,21). The van der Waals surface area contributed by atoms with Crippen LogP contribution in [0.15, 0.2) is 24.3 Å². The quantitative estimate of drug-likeness (QED) is 0.754. The molecule has 1 aromatic heterocycles. The van der Waals surface area contributed by atoms with Gasteiger partial charge in [-0.3, -0.25) is 5.10 Å². The Kier molecular flexibility index (Phi) is 5.32. The van der Waals surface area contributed by atoms with E-state index < -0.39 is 11.9 Å². The highest BCUT2D eigenvalue weighted by atomic mass is 19.1. The van der Waals surface area contributed by atoms with Gasteiger partial charge in [0.25, 0.3) is 0 Å². The molecule has 1 aromatic carbocycles. The van der Waals surface area contributed by atoms with Gasteiger partial charge in [0.1, 0.15) is 11.6 Å². The fraction of sp³-hybridized carbons (Fsp3) is 0.500. The zero-order valence-electron chi connectivity index (χ0n) is 12.8. The number of nitrogens with zero attached hydrogens (tertiary/aromatic N) is 2. The van der Waals surface area contributed by atoms with E-state index in [9.17, 15) is 9.50 Å². The summed E-state index contributed by atoms with van der Waals surface area (Å²) in [6, 6.07) is 6.23. The normalized spacial score (nSPS) is 17.3. The van der Waals surface area contributed by atoms with E-state index in [0.717, 1.165) is 31.9 Å². The van der Waals surface area contributed by atoms with Gasteiger partial charge in [-0.2, -0.15) is 5.10 Å². The van der Waals surface area contributed by atoms with Crippen molar-refractivity contribution in [3.8, 4) is 0 Å². The van der Waals surface area contributed by atoms with Crippen LogP contribution in [0.3, 0.4) is 0 Å². The number of rotatable bonds is 6. The highest BCUT2D eigenvalue weighted by Gasteiger charge is 2.20. The van der Waals surface area contributed by atoms with E-state index in [4.69, 9.17) is 4.74 Å². The third-order valence-corrected chi connectivity index (χ3v) is 4.03. The van der Waals surface area contributed by atoms with Gasteiger partial charge in [0.05, 0.1) is 12.6 Å². The van der Waals surface area contributed by atoms with Gasteiger partial charge < -0.3 is 15.2 Å². The molecule has 1 aliphatic rings. The van der Waals surface area contributed by atoms with Crippen LogP contribution in [0.2, 0.25) is 0 Å². The molecule has 3 N–H and O–H groups in total. The van der Waals surface area contributed by atoms with Crippen molar-refractivity contribution < 1.29 is 14.2 Å². The molecule has 0 amide bonds. The van der Waals surface area contributed by atoms with E-state index in [1.54, 1.807) is 18.2 Å². The van der Waals surface area contributed by atoms with Gasteiger partial charge >= 0.3 is 0 Å². The topological polar surface area (TPSA) is 83.1 Å². The lowest BCUT2D eigenvalue weighted by Crippen LogP contribution is -2.22. The first-order valence-electron chi connectivity index (χ1n) is 7.86. The molecule has 2 aromatic rings. The Morgan fingerprint density at radius 2 is 2.13 bits per heavy atom. The van der Waals surface area contributed by atoms with Gasteiger partial charge in [0.15, 0.2) is 5.82 Å². The molecular weight excluding hydrogens is 299 g/mol. The summed E-state index contributed by atoms with van der Waals surface area (Å²) in [5, 5.41) is 20.3. The second-order valence-electron chi connectivity index (χ2n) is 5.70. The molecule has 0 radical (unpaired) electrons. The largest absolute Gasteiger partial charge is 0.387 e. The zero-order chi connectivity index (χ0) is 16.1. The van der Waals surface area contributed by atoms with Crippen LogP contribution in [0.25, 0.3) is 0 Å². The molecule has 6 nitrogen and oxygen atoms in total. The number of hydrogen-bond acceptors (Lipinski definition) is 5. The van der Waals surface area contributed by atoms with E-state index in [1.165, 1.54) is 6.07 Å². The minimum atomic E-state index is -0.894. The third kappa shape index (κ3) is 4.13. The minimum Gasteiger partial charge on any atom is -0.387 e. The van der Waals surface area contributed by atoms with Crippen molar-refractivity contribution in [2.45, 2.75) is 31.4 Å². The monoisotopic (exact) mass is 320 g/mol. The van der Waals surface area contributed by atoms with E-state index in [0.29, 0.717) is 23.9 Å². The average molecular weight is 320 g/mol. The number of nitrogens with one attached hydrogen (secondary N) is 2. The van der Waals surface area contributed by atoms with E-state index in [2.05, 4.69) is 20.5 Å². The van der Waals surface area contributed by atoms with E-state index in [-0.39, 0.29) is 6.54 Å². The molecule has 7 heteroatoms. The SMILES string of the molecule is OC(CNCc1nc(C2CCOCC2)n[nH]1)c1ccccc1F. The summed E-state index contributed by atoms with van der Waals surface area (Å²) in [7, 11) is 0. The molecule has 0 bridgehead atoms. The Morgan fingerprint density at radius 3 is 2.91 bits per heavy atom. The summed E-state index contributed by atoms with van der Waals surface area (Å²) in [6.07, 6.45) is 0.988. The maximum absolute atomic E-state index is 13.6. The average Bonchev–Trinajstić information content (AvgIpc) is 3.05. The summed E-state index contributed by atoms with van der Waals surface area (Å²) in [4.78, 5) is 4.48. The summed E-state index contributed by atoms with van der Waals surface area (Å²) in [5.41, 5.74) is 0.292. The highest BCUT2D eigenvalue weighted by Crippen LogP contribution is 2.23. The summed E-state index contributed by atoms with van der Waals surface area (Å²) < 4.78 is 18.9. The van der Waals surface area contributed by atoms with Crippen LogP contribution in [0.4, 0.5) is 4.39 Å². The number of halogens is 1. The molecule has 124 valence electrons. The van der Waals surface area contributed by atoms with Gasteiger partial charge in [-0.1, -0.05) is 18.2 Å². The molecule has 1 atom stereocenters. The van der Waals surface area contributed by atoms with Crippen LogP contribution in [-0.2, 0) is 11.3 Å². The summed E-state index contributed by atoms with van der Waals surface area (Å²) >= 11 is 0. The molecule has 0 aliphatic carbocycles. The Balaban J connectivity index is 1.49. The van der Waals surface area contributed by atoms with Crippen LogP contribution < -0.4 is 5.32 Å². The molecule has 23 heavy (non-hydrogen) atoms. The Bertz CT molecular complexity index is 628. The predicted octanol–water partition coefficient (Wildman–Crippen LogP) is 1.66. The molecular formula is C16H21FN4O2. The van der Waals surface area contributed by atoms with Crippen molar-refractivity contribution >= 4 is 0 Å². The second kappa shape index (κ2) is 7.63. The first kappa shape index (κ1) is 16.0. The van der Waals surface area contributed by atoms with Crippen LogP contribution in [0.5, 0.6) is 0 Å². The molecule has 2 heterocycles. The number of benzene rings is 1. The van der Waals surface area contributed by atoms with Crippen molar-refractivity contribution in [3.63, 3.8) is 0 Å². The predicted molar refractivity (Wildman–Crippen MR) is 82.2 cm³/mol. The van der Waals surface area contributed by atoms with Gasteiger partial charge in [0.2, 0.25) is 0 Å². The maximum Gasteiger partial charge on any atom is 0.154 e. The number of H-pyrrole nitrogens is 1. The van der Waals surface area contributed by atoms with Gasteiger partial charge in [-0.15, -0.1) is 0 Å². The van der Waals surface area contributed by atoms with Gasteiger partial charge in [-0.05, 0) is 18.9 Å². The molecule has 1 fully saturated rings. The number of ether oxygens (including phenoxy) is 1.